The Morgan fingerprint density at radius 2 is 1.67 bits per heavy atom. The molecule has 1 aliphatic rings. The maximum absolute atomic E-state index is 5.06. The minimum Gasteiger partial charge on any atom is -0.373 e. The summed E-state index contributed by atoms with van der Waals surface area (Å²) in [6, 6.07) is 0. The van der Waals surface area contributed by atoms with Gasteiger partial charge in [-0.15, -0.1) is 0 Å². The van der Waals surface area contributed by atoms with Gasteiger partial charge in [0.2, 0.25) is 0 Å². The monoisotopic (exact) mass is 176 g/mol. The SMILES string of the molecule is CC.CC.CCCCCC1CO1.[HH]. The summed E-state index contributed by atoms with van der Waals surface area (Å²) >= 11 is 0. The minimum atomic E-state index is 0. The topological polar surface area (TPSA) is 12.5 Å². The van der Waals surface area contributed by atoms with Crippen LogP contribution in [0.1, 0.15) is 61.7 Å². The van der Waals surface area contributed by atoms with E-state index in [4.69, 9.17) is 4.74 Å². The maximum atomic E-state index is 5.06. The first-order chi connectivity index (χ1) is 5.93. The van der Waals surface area contributed by atoms with Gasteiger partial charge in [-0.3, -0.25) is 0 Å². The maximum Gasteiger partial charge on any atom is 0.0810 e. The van der Waals surface area contributed by atoms with E-state index in [1.54, 1.807) is 0 Å². The Bertz CT molecular complexity index is 63.1. The second-order valence-corrected chi connectivity index (χ2v) is 2.45. The third-order valence-corrected chi connectivity index (χ3v) is 1.53. The molecule has 1 heterocycles. The molecule has 0 aliphatic carbocycles. The molecule has 1 nitrogen and oxygen atoms in total. The van der Waals surface area contributed by atoms with Crippen molar-refractivity contribution in [2.24, 2.45) is 0 Å². The van der Waals surface area contributed by atoms with Crippen molar-refractivity contribution in [2.75, 3.05) is 6.61 Å². The van der Waals surface area contributed by atoms with Crippen LogP contribution >= 0.6 is 0 Å². The molecule has 0 aromatic heterocycles. The fourth-order valence-electron chi connectivity index (χ4n) is 0.857. The molecular formula is C11H28O. The first-order valence-electron chi connectivity index (χ1n) is 5.55. The average Bonchev–Trinajstić information content (AvgIpc) is 2.96. The summed E-state index contributed by atoms with van der Waals surface area (Å²) in [7, 11) is 0. The molecule has 1 unspecified atom stereocenters. The fraction of sp³-hybridized carbons (Fsp3) is 1.00. The Morgan fingerprint density at radius 3 is 2.00 bits per heavy atom. The van der Waals surface area contributed by atoms with Gasteiger partial charge >= 0.3 is 0 Å². The number of hydrogen-bond donors (Lipinski definition) is 0. The highest BCUT2D eigenvalue weighted by Gasteiger charge is 2.20. The van der Waals surface area contributed by atoms with Crippen LogP contribution in [-0.4, -0.2) is 12.7 Å². The van der Waals surface area contributed by atoms with Crippen molar-refractivity contribution >= 4 is 0 Å². The Kier molecular flexibility index (Phi) is 16.3. The summed E-state index contributed by atoms with van der Waals surface area (Å²) in [5, 5.41) is 0. The van der Waals surface area contributed by atoms with Gasteiger partial charge in [0.15, 0.2) is 0 Å². The molecule has 12 heavy (non-hydrogen) atoms. The highest BCUT2D eigenvalue weighted by Crippen LogP contribution is 2.16. The predicted molar refractivity (Wildman–Crippen MR) is 58.7 cm³/mol. The van der Waals surface area contributed by atoms with E-state index < -0.39 is 0 Å². The Balaban J connectivity index is -0.000000178. The van der Waals surface area contributed by atoms with E-state index in [0.29, 0.717) is 6.10 Å². The lowest BCUT2D eigenvalue weighted by Crippen LogP contribution is -1.83. The number of epoxide rings is 1. The van der Waals surface area contributed by atoms with Crippen molar-refractivity contribution in [1.29, 1.82) is 0 Å². The van der Waals surface area contributed by atoms with Gasteiger partial charge < -0.3 is 4.74 Å². The van der Waals surface area contributed by atoms with Crippen molar-refractivity contribution in [3.05, 3.63) is 0 Å². The molecule has 1 fully saturated rings. The van der Waals surface area contributed by atoms with Gasteiger partial charge in [-0.25, -0.2) is 0 Å². The molecule has 0 saturated carbocycles. The van der Waals surface area contributed by atoms with E-state index in [9.17, 15) is 0 Å². The molecular weight excluding hydrogens is 148 g/mol. The molecule has 0 aromatic rings. The van der Waals surface area contributed by atoms with Gasteiger partial charge in [-0.05, 0) is 6.42 Å². The molecule has 0 amide bonds. The molecule has 0 radical (unpaired) electrons. The highest BCUT2D eigenvalue weighted by atomic mass is 16.6. The molecule has 78 valence electrons. The zero-order chi connectivity index (χ0) is 9.82. The van der Waals surface area contributed by atoms with Gasteiger partial charge in [-0.2, -0.15) is 0 Å². The Morgan fingerprint density at radius 1 is 1.17 bits per heavy atom. The van der Waals surface area contributed by atoms with Crippen LogP contribution in [0, 0.1) is 0 Å². The summed E-state index contributed by atoms with van der Waals surface area (Å²) in [4.78, 5) is 0. The quantitative estimate of drug-likeness (QED) is 0.460. The lowest BCUT2D eigenvalue weighted by molar-refractivity contribution is 0.389. The van der Waals surface area contributed by atoms with Crippen LogP contribution in [-0.2, 0) is 4.74 Å². The number of hydrogen-bond acceptors (Lipinski definition) is 1. The summed E-state index contributed by atoms with van der Waals surface area (Å²) in [5.41, 5.74) is 0. The second kappa shape index (κ2) is 13.5. The summed E-state index contributed by atoms with van der Waals surface area (Å²) in [6.45, 7) is 11.3. The zero-order valence-electron chi connectivity index (χ0n) is 9.52. The molecule has 1 heteroatoms. The minimum absolute atomic E-state index is 0. The van der Waals surface area contributed by atoms with E-state index in [2.05, 4.69) is 6.92 Å². The van der Waals surface area contributed by atoms with Crippen LogP contribution in [0.3, 0.4) is 0 Å². The summed E-state index contributed by atoms with van der Waals surface area (Å²) in [5.74, 6) is 0. The number of rotatable bonds is 4. The largest absolute Gasteiger partial charge is 0.373 e. The lowest BCUT2D eigenvalue weighted by atomic mass is 10.2. The average molecular weight is 176 g/mol. The summed E-state index contributed by atoms with van der Waals surface area (Å²) < 4.78 is 5.06. The molecule has 1 rings (SSSR count). The smallest absolute Gasteiger partial charge is 0.0810 e. The molecule has 1 saturated heterocycles. The van der Waals surface area contributed by atoms with Crippen LogP contribution in [0.25, 0.3) is 0 Å². The van der Waals surface area contributed by atoms with Crippen molar-refractivity contribution in [3.63, 3.8) is 0 Å². The van der Waals surface area contributed by atoms with Crippen molar-refractivity contribution in [2.45, 2.75) is 66.4 Å². The molecule has 0 N–H and O–H groups in total. The van der Waals surface area contributed by atoms with E-state index in [-0.39, 0.29) is 1.43 Å². The molecule has 0 spiro atoms. The van der Waals surface area contributed by atoms with E-state index >= 15 is 0 Å². The van der Waals surface area contributed by atoms with Gasteiger partial charge in [-0.1, -0.05) is 53.9 Å². The van der Waals surface area contributed by atoms with Crippen LogP contribution in [0.15, 0.2) is 0 Å². The first kappa shape index (κ1) is 14.5. The third-order valence-electron chi connectivity index (χ3n) is 1.53. The van der Waals surface area contributed by atoms with Crippen molar-refractivity contribution in [1.82, 2.24) is 0 Å². The van der Waals surface area contributed by atoms with Crippen LogP contribution in [0.5, 0.6) is 0 Å². The molecule has 0 bridgehead atoms. The normalized spacial score (nSPS) is 18.2. The van der Waals surface area contributed by atoms with Gasteiger partial charge in [0.05, 0.1) is 12.7 Å². The zero-order valence-corrected chi connectivity index (χ0v) is 9.52. The van der Waals surface area contributed by atoms with E-state index in [1.807, 2.05) is 27.7 Å². The van der Waals surface area contributed by atoms with Gasteiger partial charge in [0, 0.05) is 1.43 Å². The van der Waals surface area contributed by atoms with Crippen LogP contribution < -0.4 is 0 Å². The molecule has 1 atom stereocenters. The van der Waals surface area contributed by atoms with E-state index in [1.165, 1.54) is 25.7 Å². The predicted octanol–water partition coefficient (Wildman–Crippen LogP) is 4.26. The standard InChI is InChI=1S/C7H14O.2C2H6.H2/c1-2-3-4-5-7-6-8-7;2*1-2;/h7H,2-6H2,1H3;2*1-2H3;1H. The molecule has 1 aliphatic heterocycles. The second-order valence-electron chi connectivity index (χ2n) is 2.45. The van der Waals surface area contributed by atoms with Gasteiger partial charge in [0.25, 0.3) is 0 Å². The third kappa shape index (κ3) is 12.6. The lowest BCUT2D eigenvalue weighted by Gasteiger charge is -1.90. The van der Waals surface area contributed by atoms with Crippen LogP contribution in [0.2, 0.25) is 0 Å². The highest BCUT2D eigenvalue weighted by molar-refractivity contribution is 4.67. The van der Waals surface area contributed by atoms with E-state index in [0.717, 1.165) is 6.61 Å². The van der Waals surface area contributed by atoms with Gasteiger partial charge in [0.1, 0.15) is 0 Å². The first-order valence-corrected chi connectivity index (χ1v) is 5.55. The summed E-state index contributed by atoms with van der Waals surface area (Å²) in [6.07, 6.45) is 6.02. The Hall–Kier alpha value is -0.0400. The fourth-order valence-corrected chi connectivity index (χ4v) is 0.857. The van der Waals surface area contributed by atoms with Crippen molar-refractivity contribution in [3.8, 4) is 0 Å². The number of ether oxygens (including phenoxy) is 1. The van der Waals surface area contributed by atoms with Crippen molar-refractivity contribution < 1.29 is 6.16 Å². The number of unbranched alkanes of at least 4 members (excludes halogenated alkanes) is 2. The van der Waals surface area contributed by atoms with Crippen LogP contribution in [0.4, 0.5) is 0 Å². The molecule has 0 aromatic carbocycles. The Labute approximate surface area is 80.0 Å².